The number of benzene rings is 1. The number of carbonyl (C=O) groups excluding carboxylic acids is 3. The second-order valence-corrected chi connectivity index (χ2v) is 9.25. The zero-order chi connectivity index (χ0) is 23.6. The van der Waals surface area contributed by atoms with E-state index in [2.05, 4.69) is 29.5 Å². The highest BCUT2D eigenvalue weighted by atomic mass is 32.1. The SMILES string of the molecule is CC(C)C[C@@H](C(=O)Nc1nc(C(=O)O)cs1)N1C(=O)NC(c2ccc(C(C)C)cc2)C1=O. The number of hydrogen-bond acceptors (Lipinski definition) is 6. The average molecular weight is 459 g/mol. The normalized spacial score (nSPS) is 17.1. The maximum Gasteiger partial charge on any atom is 0.355 e. The number of urea groups is 1. The molecule has 0 spiro atoms. The molecule has 2 aromatic rings. The van der Waals surface area contributed by atoms with Crippen LogP contribution in [-0.2, 0) is 9.59 Å². The highest BCUT2D eigenvalue weighted by Crippen LogP contribution is 2.28. The molecule has 4 amide bonds. The summed E-state index contributed by atoms with van der Waals surface area (Å²) in [4.78, 5) is 54.8. The predicted octanol–water partition coefficient (Wildman–Crippen LogP) is 3.61. The summed E-state index contributed by atoms with van der Waals surface area (Å²) in [5.74, 6) is -1.95. The van der Waals surface area contributed by atoms with E-state index in [0.29, 0.717) is 11.5 Å². The van der Waals surface area contributed by atoms with Gasteiger partial charge in [0, 0.05) is 5.38 Å². The minimum Gasteiger partial charge on any atom is -0.476 e. The summed E-state index contributed by atoms with van der Waals surface area (Å²) >= 11 is 0.960. The van der Waals surface area contributed by atoms with Gasteiger partial charge in [-0.25, -0.2) is 19.5 Å². The van der Waals surface area contributed by atoms with Crippen molar-refractivity contribution >= 4 is 40.3 Å². The number of nitrogens with one attached hydrogen (secondary N) is 2. The quantitative estimate of drug-likeness (QED) is 0.518. The minimum atomic E-state index is -1.21. The molecule has 0 aliphatic carbocycles. The molecule has 10 heteroatoms. The largest absolute Gasteiger partial charge is 0.476 e. The molecule has 0 saturated carbocycles. The molecule has 3 rings (SSSR count). The van der Waals surface area contributed by atoms with Crippen molar-refractivity contribution in [2.75, 3.05) is 5.32 Å². The molecule has 1 saturated heterocycles. The van der Waals surface area contributed by atoms with Gasteiger partial charge in [0.15, 0.2) is 10.8 Å². The molecule has 2 atom stereocenters. The van der Waals surface area contributed by atoms with Crippen molar-refractivity contribution in [2.24, 2.45) is 5.92 Å². The van der Waals surface area contributed by atoms with E-state index >= 15 is 0 Å². The molecular formula is C22H26N4O5S. The highest BCUT2D eigenvalue weighted by Gasteiger charge is 2.45. The standard InChI is InChI=1S/C22H26N4O5S/c1-11(2)9-16(18(27)25-21-23-15(10-32-21)20(29)30)26-19(28)17(24-22(26)31)14-7-5-13(6-8-14)12(3)4/h5-8,10-12,16-17H,9H2,1-4H3,(H,24,31)(H,29,30)(H,23,25,27)/t16-,17?/m0/s1. The van der Waals surface area contributed by atoms with Crippen molar-refractivity contribution in [1.82, 2.24) is 15.2 Å². The molecular weight excluding hydrogens is 432 g/mol. The Morgan fingerprint density at radius 2 is 1.84 bits per heavy atom. The van der Waals surface area contributed by atoms with Crippen LogP contribution in [0.5, 0.6) is 0 Å². The van der Waals surface area contributed by atoms with E-state index in [1.807, 2.05) is 38.1 Å². The second kappa shape index (κ2) is 9.47. The Morgan fingerprint density at radius 3 is 2.38 bits per heavy atom. The van der Waals surface area contributed by atoms with Crippen LogP contribution in [0.15, 0.2) is 29.6 Å². The summed E-state index contributed by atoms with van der Waals surface area (Å²) in [6, 6.07) is 4.89. The fourth-order valence-electron chi connectivity index (χ4n) is 3.48. The van der Waals surface area contributed by atoms with Crippen LogP contribution in [0.3, 0.4) is 0 Å². The van der Waals surface area contributed by atoms with Crippen LogP contribution in [0.2, 0.25) is 0 Å². The fraction of sp³-hybridized carbons (Fsp3) is 0.409. The van der Waals surface area contributed by atoms with Gasteiger partial charge in [0.05, 0.1) is 0 Å². The van der Waals surface area contributed by atoms with Crippen LogP contribution in [0.1, 0.15) is 67.7 Å². The molecule has 1 aromatic carbocycles. The van der Waals surface area contributed by atoms with Crippen LogP contribution in [0, 0.1) is 5.92 Å². The van der Waals surface area contributed by atoms with Crippen LogP contribution in [-0.4, -0.2) is 44.8 Å². The van der Waals surface area contributed by atoms with Gasteiger partial charge in [-0.15, -0.1) is 11.3 Å². The Labute approximate surface area is 189 Å². The second-order valence-electron chi connectivity index (χ2n) is 8.39. The lowest BCUT2D eigenvalue weighted by Crippen LogP contribution is -2.48. The summed E-state index contributed by atoms with van der Waals surface area (Å²) < 4.78 is 0. The first-order valence-electron chi connectivity index (χ1n) is 10.3. The van der Waals surface area contributed by atoms with Crippen LogP contribution in [0.4, 0.5) is 9.93 Å². The summed E-state index contributed by atoms with van der Waals surface area (Å²) in [5.41, 5.74) is 1.57. The van der Waals surface area contributed by atoms with Gasteiger partial charge in [0.2, 0.25) is 5.91 Å². The molecule has 1 aliphatic rings. The monoisotopic (exact) mass is 458 g/mol. The summed E-state index contributed by atoms with van der Waals surface area (Å²) in [6.07, 6.45) is 0.251. The Balaban J connectivity index is 1.82. The molecule has 0 bridgehead atoms. The van der Waals surface area contributed by atoms with E-state index in [1.165, 1.54) is 5.38 Å². The number of nitrogens with zero attached hydrogens (tertiary/aromatic N) is 2. The third-order valence-corrected chi connectivity index (χ3v) is 5.93. The van der Waals surface area contributed by atoms with Gasteiger partial charge in [-0.3, -0.25) is 9.59 Å². The molecule has 0 radical (unpaired) electrons. The molecule has 2 heterocycles. The van der Waals surface area contributed by atoms with Crippen molar-refractivity contribution in [3.05, 3.63) is 46.5 Å². The number of aromatic carboxylic acids is 1. The van der Waals surface area contributed by atoms with Crippen molar-refractivity contribution in [2.45, 2.75) is 52.1 Å². The number of carboxylic acids is 1. The number of anilines is 1. The molecule has 32 heavy (non-hydrogen) atoms. The molecule has 1 unspecified atom stereocenters. The van der Waals surface area contributed by atoms with Gasteiger partial charge in [0.25, 0.3) is 5.91 Å². The van der Waals surface area contributed by atoms with E-state index in [9.17, 15) is 19.2 Å². The lowest BCUT2D eigenvalue weighted by Gasteiger charge is -2.25. The van der Waals surface area contributed by atoms with Crippen molar-refractivity contribution in [1.29, 1.82) is 0 Å². The van der Waals surface area contributed by atoms with Gasteiger partial charge in [-0.05, 0) is 29.4 Å². The van der Waals surface area contributed by atoms with Gasteiger partial charge in [-0.2, -0.15) is 0 Å². The number of rotatable bonds is 8. The van der Waals surface area contributed by atoms with Crippen LogP contribution in [0.25, 0.3) is 0 Å². The first kappa shape index (κ1) is 23.4. The predicted molar refractivity (Wildman–Crippen MR) is 120 cm³/mol. The molecule has 170 valence electrons. The lowest BCUT2D eigenvalue weighted by molar-refractivity contribution is -0.134. The smallest absolute Gasteiger partial charge is 0.355 e. The molecule has 1 aromatic heterocycles. The first-order valence-corrected chi connectivity index (χ1v) is 11.2. The topological polar surface area (TPSA) is 129 Å². The van der Waals surface area contributed by atoms with Gasteiger partial charge < -0.3 is 15.7 Å². The summed E-state index contributed by atoms with van der Waals surface area (Å²) in [7, 11) is 0. The third-order valence-electron chi connectivity index (χ3n) is 5.17. The van der Waals surface area contributed by atoms with Crippen LogP contribution < -0.4 is 10.6 Å². The Bertz CT molecular complexity index is 1030. The Morgan fingerprint density at radius 1 is 1.19 bits per heavy atom. The van der Waals surface area contributed by atoms with Crippen molar-refractivity contribution < 1.29 is 24.3 Å². The number of hydrogen-bond donors (Lipinski definition) is 3. The van der Waals surface area contributed by atoms with Gasteiger partial charge in [-0.1, -0.05) is 52.0 Å². The molecule has 1 fully saturated rings. The Kier molecular flexibility index (Phi) is 6.93. The molecule has 1 aliphatic heterocycles. The van der Waals surface area contributed by atoms with Gasteiger partial charge >= 0.3 is 12.0 Å². The van der Waals surface area contributed by atoms with E-state index in [-0.39, 0.29) is 23.2 Å². The highest BCUT2D eigenvalue weighted by molar-refractivity contribution is 7.14. The maximum atomic E-state index is 13.2. The van der Waals surface area contributed by atoms with Crippen molar-refractivity contribution in [3.8, 4) is 0 Å². The number of carboxylic acid groups (broad SMARTS) is 1. The van der Waals surface area contributed by atoms with Crippen molar-refractivity contribution in [3.63, 3.8) is 0 Å². The van der Waals surface area contributed by atoms with E-state index in [0.717, 1.165) is 21.8 Å². The average Bonchev–Trinajstić information content (AvgIpc) is 3.30. The van der Waals surface area contributed by atoms with Crippen LogP contribution >= 0.6 is 11.3 Å². The van der Waals surface area contributed by atoms with E-state index < -0.39 is 35.9 Å². The zero-order valence-corrected chi connectivity index (χ0v) is 19.1. The zero-order valence-electron chi connectivity index (χ0n) is 18.3. The number of thiazole rings is 1. The van der Waals surface area contributed by atoms with E-state index in [1.54, 1.807) is 0 Å². The van der Waals surface area contributed by atoms with E-state index in [4.69, 9.17) is 5.11 Å². The van der Waals surface area contributed by atoms with Gasteiger partial charge in [0.1, 0.15) is 12.1 Å². The summed E-state index contributed by atoms with van der Waals surface area (Å²) in [6.45, 7) is 7.89. The first-order chi connectivity index (χ1) is 15.1. The molecule has 9 nitrogen and oxygen atoms in total. The number of aromatic nitrogens is 1. The third kappa shape index (κ3) is 4.96. The lowest BCUT2D eigenvalue weighted by atomic mass is 9.98. The maximum absolute atomic E-state index is 13.2. The number of imide groups is 1. The summed E-state index contributed by atoms with van der Waals surface area (Å²) in [5, 5.41) is 15.6. The molecule has 3 N–H and O–H groups in total. The number of carbonyl (C=O) groups is 4. The Hall–Kier alpha value is -3.27. The fourth-order valence-corrected chi connectivity index (χ4v) is 4.17. The minimum absolute atomic E-state index is 0.0154. The number of amides is 4.